The Bertz CT molecular complexity index is 529. The molecule has 2 nitrogen and oxygen atoms in total. The first-order valence-corrected chi connectivity index (χ1v) is 6.70. The molecule has 1 aromatic heterocycles. The van der Waals surface area contributed by atoms with Crippen molar-refractivity contribution in [3.05, 3.63) is 59.4 Å². The van der Waals surface area contributed by atoms with Crippen LogP contribution in [0.4, 0.5) is 0 Å². The zero-order chi connectivity index (χ0) is 12.5. The van der Waals surface area contributed by atoms with E-state index in [0.717, 1.165) is 24.8 Å². The Balaban J connectivity index is 1.98. The van der Waals surface area contributed by atoms with Crippen LogP contribution >= 0.6 is 0 Å². The van der Waals surface area contributed by atoms with Crippen LogP contribution in [-0.2, 0) is 6.42 Å². The van der Waals surface area contributed by atoms with Gasteiger partial charge in [0.05, 0.1) is 12.1 Å². The van der Waals surface area contributed by atoms with Crippen LogP contribution in [0.2, 0.25) is 0 Å². The van der Waals surface area contributed by atoms with Crippen LogP contribution in [0.25, 0.3) is 0 Å². The van der Waals surface area contributed by atoms with Crippen molar-refractivity contribution in [1.82, 2.24) is 4.57 Å². The fourth-order valence-corrected chi connectivity index (χ4v) is 2.95. The van der Waals surface area contributed by atoms with Crippen molar-refractivity contribution in [2.75, 3.05) is 0 Å². The van der Waals surface area contributed by atoms with Crippen molar-refractivity contribution >= 4 is 0 Å². The van der Waals surface area contributed by atoms with Crippen LogP contribution in [0.15, 0.2) is 42.6 Å². The average Bonchev–Trinajstić information content (AvgIpc) is 2.84. The molecule has 0 fully saturated rings. The number of aromatic nitrogens is 1. The lowest BCUT2D eigenvalue weighted by molar-refractivity contribution is 0.155. The number of benzene rings is 1. The zero-order valence-electron chi connectivity index (χ0n) is 10.7. The van der Waals surface area contributed by atoms with Crippen molar-refractivity contribution in [2.45, 2.75) is 38.3 Å². The van der Waals surface area contributed by atoms with Gasteiger partial charge < -0.3 is 9.67 Å². The molecule has 3 rings (SSSR count). The Kier molecular flexibility index (Phi) is 2.96. The summed E-state index contributed by atoms with van der Waals surface area (Å²) in [5.41, 5.74) is 3.75. The second-order valence-electron chi connectivity index (χ2n) is 5.12. The molecule has 18 heavy (non-hydrogen) atoms. The van der Waals surface area contributed by atoms with Gasteiger partial charge in [0.1, 0.15) is 0 Å². The number of hydrogen-bond acceptors (Lipinski definition) is 1. The molecule has 0 radical (unpaired) electrons. The predicted octanol–water partition coefficient (Wildman–Crippen LogP) is 3.47. The first-order chi connectivity index (χ1) is 8.77. The number of nitrogens with zero attached hydrogens (tertiary/aromatic N) is 1. The first kappa shape index (κ1) is 11.5. The highest BCUT2D eigenvalue weighted by Crippen LogP contribution is 2.33. The normalized spacial score (nSPS) is 20.4. The SMILES string of the molecule is CC(c1ccccc1)n1ccc2c1CCCC2O. The molecule has 0 aliphatic heterocycles. The Hall–Kier alpha value is -1.54. The van der Waals surface area contributed by atoms with Gasteiger partial charge in [-0.15, -0.1) is 0 Å². The van der Waals surface area contributed by atoms with Gasteiger partial charge in [0.25, 0.3) is 0 Å². The van der Waals surface area contributed by atoms with Crippen molar-refractivity contribution < 1.29 is 5.11 Å². The number of rotatable bonds is 2. The van der Waals surface area contributed by atoms with Crippen molar-refractivity contribution in [3.63, 3.8) is 0 Å². The zero-order valence-corrected chi connectivity index (χ0v) is 10.7. The Morgan fingerprint density at radius 2 is 2.00 bits per heavy atom. The number of hydrogen-bond donors (Lipinski definition) is 1. The maximum absolute atomic E-state index is 10.0. The lowest BCUT2D eigenvalue weighted by atomic mass is 9.95. The van der Waals surface area contributed by atoms with Gasteiger partial charge in [-0.25, -0.2) is 0 Å². The summed E-state index contributed by atoms with van der Waals surface area (Å²) < 4.78 is 2.31. The lowest BCUT2D eigenvalue weighted by Crippen LogP contribution is -2.15. The van der Waals surface area contributed by atoms with Gasteiger partial charge in [-0.3, -0.25) is 0 Å². The minimum Gasteiger partial charge on any atom is -0.388 e. The third-order valence-electron chi connectivity index (χ3n) is 4.01. The standard InChI is InChI=1S/C16H19NO/c1-12(13-6-3-2-4-7-13)17-11-10-14-15(17)8-5-9-16(14)18/h2-4,6-7,10-12,16,18H,5,8-9H2,1H3. The van der Waals surface area contributed by atoms with Crippen LogP contribution < -0.4 is 0 Å². The molecule has 0 bridgehead atoms. The molecule has 1 aliphatic rings. The summed E-state index contributed by atoms with van der Waals surface area (Å²) in [7, 11) is 0. The van der Waals surface area contributed by atoms with E-state index in [4.69, 9.17) is 0 Å². The van der Waals surface area contributed by atoms with Crippen molar-refractivity contribution in [2.24, 2.45) is 0 Å². The van der Waals surface area contributed by atoms with Gasteiger partial charge in [0.15, 0.2) is 0 Å². The average molecular weight is 241 g/mol. The van der Waals surface area contributed by atoms with Crippen LogP contribution in [0.1, 0.15) is 48.7 Å². The van der Waals surface area contributed by atoms with Crippen LogP contribution in [0.3, 0.4) is 0 Å². The molecular formula is C16H19NO. The molecular weight excluding hydrogens is 222 g/mol. The highest BCUT2D eigenvalue weighted by molar-refractivity contribution is 5.30. The maximum Gasteiger partial charge on any atom is 0.0807 e. The largest absolute Gasteiger partial charge is 0.388 e. The smallest absolute Gasteiger partial charge is 0.0807 e. The lowest BCUT2D eigenvalue weighted by Gasteiger charge is -2.23. The molecule has 1 aliphatic carbocycles. The van der Waals surface area contributed by atoms with Gasteiger partial charge in [0, 0.05) is 17.5 Å². The van der Waals surface area contributed by atoms with Gasteiger partial charge >= 0.3 is 0 Å². The minimum absolute atomic E-state index is 0.266. The van der Waals surface area contributed by atoms with Gasteiger partial charge in [0.2, 0.25) is 0 Å². The summed E-state index contributed by atoms with van der Waals surface area (Å²) in [6.07, 6.45) is 4.92. The van der Waals surface area contributed by atoms with E-state index in [-0.39, 0.29) is 6.10 Å². The van der Waals surface area contributed by atoms with Crippen molar-refractivity contribution in [1.29, 1.82) is 0 Å². The molecule has 94 valence electrons. The highest BCUT2D eigenvalue weighted by Gasteiger charge is 2.23. The highest BCUT2D eigenvalue weighted by atomic mass is 16.3. The monoisotopic (exact) mass is 241 g/mol. The summed E-state index contributed by atoms with van der Waals surface area (Å²) in [6, 6.07) is 12.9. The summed E-state index contributed by atoms with van der Waals surface area (Å²) in [6.45, 7) is 2.22. The van der Waals surface area contributed by atoms with E-state index >= 15 is 0 Å². The molecule has 2 atom stereocenters. The van der Waals surface area contributed by atoms with E-state index in [1.807, 2.05) is 6.07 Å². The summed E-state index contributed by atoms with van der Waals surface area (Å²) in [5.74, 6) is 0. The fraction of sp³-hybridized carbons (Fsp3) is 0.375. The van der Waals surface area contributed by atoms with E-state index in [2.05, 4.69) is 48.0 Å². The van der Waals surface area contributed by atoms with E-state index in [1.54, 1.807) is 0 Å². The van der Waals surface area contributed by atoms with Crippen LogP contribution in [0, 0.1) is 0 Å². The molecule has 1 heterocycles. The third kappa shape index (κ3) is 1.87. The fourth-order valence-electron chi connectivity index (χ4n) is 2.95. The summed E-state index contributed by atoms with van der Waals surface area (Å²) in [5, 5.41) is 10.0. The number of aliphatic hydroxyl groups excluding tert-OH is 1. The topological polar surface area (TPSA) is 25.2 Å². The van der Waals surface area contributed by atoms with E-state index in [0.29, 0.717) is 6.04 Å². The van der Waals surface area contributed by atoms with Gasteiger partial charge in [-0.05, 0) is 37.8 Å². The molecule has 1 N–H and O–H groups in total. The molecule has 2 heteroatoms. The molecule has 0 saturated heterocycles. The third-order valence-corrected chi connectivity index (χ3v) is 4.01. The van der Waals surface area contributed by atoms with Crippen LogP contribution in [-0.4, -0.2) is 9.67 Å². The molecule has 0 spiro atoms. The Labute approximate surface area is 108 Å². The van der Waals surface area contributed by atoms with Crippen molar-refractivity contribution in [3.8, 4) is 0 Å². The van der Waals surface area contributed by atoms with E-state index in [9.17, 15) is 5.11 Å². The van der Waals surface area contributed by atoms with E-state index in [1.165, 1.54) is 11.3 Å². The van der Waals surface area contributed by atoms with Gasteiger partial charge in [-0.1, -0.05) is 30.3 Å². The first-order valence-electron chi connectivity index (χ1n) is 6.70. The van der Waals surface area contributed by atoms with E-state index < -0.39 is 0 Å². The quantitative estimate of drug-likeness (QED) is 0.855. The summed E-state index contributed by atoms with van der Waals surface area (Å²) in [4.78, 5) is 0. The number of aliphatic hydroxyl groups is 1. The molecule has 0 amide bonds. The molecule has 2 unspecified atom stereocenters. The predicted molar refractivity (Wildman–Crippen MR) is 72.6 cm³/mol. The Morgan fingerprint density at radius 3 is 2.78 bits per heavy atom. The minimum atomic E-state index is -0.266. The maximum atomic E-state index is 10.0. The van der Waals surface area contributed by atoms with Gasteiger partial charge in [-0.2, -0.15) is 0 Å². The molecule has 2 aromatic rings. The molecule has 1 aromatic carbocycles. The summed E-state index contributed by atoms with van der Waals surface area (Å²) >= 11 is 0. The molecule has 0 saturated carbocycles. The Morgan fingerprint density at radius 1 is 1.22 bits per heavy atom. The second kappa shape index (κ2) is 4.62. The second-order valence-corrected chi connectivity index (χ2v) is 5.12. The van der Waals surface area contributed by atoms with Crippen LogP contribution in [0.5, 0.6) is 0 Å². The number of fused-ring (bicyclic) bond motifs is 1.